The molecule has 0 N–H and O–H groups in total. The number of oxazole rings is 1. The van der Waals surface area contributed by atoms with Crippen molar-refractivity contribution in [3.63, 3.8) is 0 Å². The van der Waals surface area contributed by atoms with Gasteiger partial charge in [-0.15, -0.1) is 0 Å². The number of nitrogens with zero attached hydrogens (tertiary/aromatic N) is 2. The molecule has 21 heavy (non-hydrogen) atoms. The van der Waals surface area contributed by atoms with Gasteiger partial charge < -0.3 is 9.15 Å². The van der Waals surface area contributed by atoms with Crippen LogP contribution in [0.3, 0.4) is 0 Å². The van der Waals surface area contributed by atoms with Crippen LogP contribution in [-0.2, 0) is 5.41 Å². The molecule has 0 aliphatic carbocycles. The number of para-hydroxylation sites is 1. The maximum absolute atomic E-state index is 5.94. The minimum Gasteiger partial charge on any atom is -0.491 e. The molecule has 2 aromatic carbocycles. The van der Waals surface area contributed by atoms with E-state index >= 15 is 0 Å². The van der Waals surface area contributed by atoms with E-state index in [0.29, 0.717) is 12.5 Å². The van der Waals surface area contributed by atoms with Gasteiger partial charge in [-0.1, -0.05) is 18.2 Å². The van der Waals surface area contributed by atoms with Crippen molar-refractivity contribution in [1.29, 1.82) is 0 Å². The van der Waals surface area contributed by atoms with E-state index in [1.54, 1.807) is 0 Å². The first-order valence-corrected chi connectivity index (χ1v) is 6.95. The second kappa shape index (κ2) is 3.52. The average molecular weight is 276 g/mol. The van der Waals surface area contributed by atoms with Crippen molar-refractivity contribution >= 4 is 23.0 Å². The number of benzene rings is 2. The normalized spacial score (nSPS) is 21.8. The molecule has 1 atom stereocenters. The van der Waals surface area contributed by atoms with Crippen LogP contribution in [-0.4, -0.2) is 17.8 Å². The van der Waals surface area contributed by atoms with Gasteiger partial charge in [0.1, 0.15) is 17.9 Å². The van der Waals surface area contributed by atoms with Crippen LogP contribution >= 0.6 is 0 Å². The van der Waals surface area contributed by atoms with E-state index in [0.717, 1.165) is 28.1 Å². The standard InChI is InChI=1S/C17H12N2O2/c1-10-19-14-7-15-12(6-16(14)21-10)17(9-20-15)8-18-13-5-3-2-4-11(13)17/h2-8H,9H2,1H3. The summed E-state index contributed by atoms with van der Waals surface area (Å²) in [7, 11) is 0. The molecular weight excluding hydrogens is 264 g/mol. The Bertz CT molecular complexity index is 926. The lowest BCUT2D eigenvalue weighted by Crippen LogP contribution is -2.28. The first-order chi connectivity index (χ1) is 10.3. The largest absolute Gasteiger partial charge is 0.491 e. The third kappa shape index (κ3) is 1.29. The van der Waals surface area contributed by atoms with Crippen molar-refractivity contribution < 1.29 is 9.15 Å². The molecule has 5 rings (SSSR count). The Balaban J connectivity index is 1.81. The average Bonchev–Trinajstić information content (AvgIpc) is 3.14. The zero-order chi connectivity index (χ0) is 14.0. The predicted octanol–water partition coefficient (Wildman–Crippen LogP) is 3.53. The number of aromatic nitrogens is 1. The summed E-state index contributed by atoms with van der Waals surface area (Å²) in [6, 6.07) is 12.2. The van der Waals surface area contributed by atoms with Crippen LogP contribution in [0.25, 0.3) is 11.1 Å². The number of ether oxygens (including phenoxy) is 1. The van der Waals surface area contributed by atoms with Gasteiger partial charge in [0.15, 0.2) is 11.5 Å². The van der Waals surface area contributed by atoms with E-state index in [1.165, 1.54) is 5.56 Å². The Hall–Kier alpha value is -2.62. The molecule has 1 aromatic heterocycles. The molecule has 3 heterocycles. The summed E-state index contributed by atoms with van der Waals surface area (Å²) < 4.78 is 11.6. The second-order valence-electron chi connectivity index (χ2n) is 5.58. The quantitative estimate of drug-likeness (QED) is 0.631. The number of hydrogen-bond donors (Lipinski definition) is 0. The van der Waals surface area contributed by atoms with E-state index < -0.39 is 0 Å². The highest BCUT2D eigenvalue weighted by atomic mass is 16.5. The van der Waals surface area contributed by atoms with Crippen LogP contribution in [0.5, 0.6) is 5.75 Å². The van der Waals surface area contributed by atoms with Gasteiger partial charge in [-0.2, -0.15) is 0 Å². The molecule has 3 aromatic rings. The van der Waals surface area contributed by atoms with Gasteiger partial charge in [-0.25, -0.2) is 4.98 Å². The summed E-state index contributed by atoms with van der Waals surface area (Å²) in [6.45, 7) is 2.43. The first kappa shape index (κ1) is 11.1. The molecule has 0 saturated carbocycles. The van der Waals surface area contributed by atoms with Crippen LogP contribution < -0.4 is 4.74 Å². The monoisotopic (exact) mass is 276 g/mol. The molecule has 2 aliphatic rings. The van der Waals surface area contributed by atoms with Crippen molar-refractivity contribution in [3.8, 4) is 5.75 Å². The van der Waals surface area contributed by atoms with E-state index in [9.17, 15) is 0 Å². The molecule has 0 bridgehead atoms. The molecule has 2 aliphatic heterocycles. The molecular formula is C17H12N2O2. The van der Waals surface area contributed by atoms with Crippen LogP contribution in [0, 0.1) is 6.92 Å². The molecule has 0 radical (unpaired) electrons. The molecule has 0 fully saturated rings. The molecule has 4 nitrogen and oxygen atoms in total. The van der Waals surface area contributed by atoms with E-state index in [2.05, 4.69) is 16.0 Å². The van der Waals surface area contributed by atoms with Crippen molar-refractivity contribution in [3.05, 3.63) is 53.4 Å². The van der Waals surface area contributed by atoms with Crippen molar-refractivity contribution in [2.45, 2.75) is 12.3 Å². The minimum atomic E-state index is -0.291. The second-order valence-corrected chi connectivity index (χ2v) is 5.58. The SMILES string of the molecule is Cc1nc2cc3c(cc2o1)C1(C=Nc2ccccc21)CO3. The fourth-order valence-electron chi connectivity index (χ4n) is 3.35. The molecule has 1 unspecified atom stereocenters. The summed E-state index contributed by atoms with van der Waals surface area (Å²) in [6.07, 6.45) is 2.00. The molecule has 4 heteroatoms. The van der Waals surface area contributed by atoms with Crippen molar-refractivity contribution in [1.82, 2.24) is 4.98 Å². The first-order valence-electron chi connectivity index (χ1n) is 6.95. The summed E-state index contributed by atoms with van der Waals surface area (Å²) in [5, 5.41) is 0. The highest BCUT2D eigenvalue weighted by Gasteiger charge is 2.45. The molecule has 1 spiro atoms. The highest BCUT2D eigenvalue weighted by Crippen LogP contribution is 2.49. The predicted molar refractivity (Wildman–Crippen MR) is 79.6 cm³/mol. The van der Waals surface area contributed by atoms with Gasteiger partial charge in [0.05, 0.1) is 11.1 Å². The van der Waals surface area contributed by atoms with E-state index in [-0.39, 0.29) is 5.41 Å². The van der Waals surface area contributed by atoms with Gasteiger partial charge in [-0.3, -0.25) is 4.99 Å². The van der Waals surface area contributed by atoms with E-state index in [1.807, 2.05) is 43.5 Å². The third-order valence-electron chi connectivity index (χ3n) is 4.34. The van der Waals surface area contributed by atoms with Gasteiger partial charge in [0.2, 0.25) is 0 Å². The van der Waals surface area contributed by atoms with Crippen LogP contribution in [0.4, 0.5) is 5.69 Å². The summed E-state index contributed by atoms with van der Waals surface area (Å²) >= 11 is 0. The topological polar surface area (TPSA) is 47.6 Å². The van der Waals surface area contributed by atoms with E-state index in [4.69, 9.17) is 9.15 Å². The number of rotatable bonds is 0. The lowest BCUT2D eigenvalue weighted by atomic mass is 9.78. The van der Waals surface area contributed by atoms with Gasteiger partial charge in [-0.05, 0) is 17.7 Å². The maximum Gasteiger partial charge on any atom is 0.192 e. The lowest BCUT2D eigenvalue weighted by molar-refractivity contribution is 0.328. The minimum absolute atomic E-state index is 0.291. The van der Waals surface area contributed by atoms with Crippen LogP contribution in [0.1, 0.15) is 17.0 Å². The summed E-state index contributed by atoms with van der Waals surface area (Å²) in [5.74, 6) is 1.54. The zero-order valence-electron chi connectivity index (χ0n) is 11.5. The molecule has 0 saturated heterocycles. The Kier molecular flexibility index (Phi) is 1.86. The molecule has 0 amide bonds. The smallest absolute Gasteiger partial charge is 0.192 e. The fourth-order valence-corrected chi connectivity index (χ4v) is 3.35. The number of hydrogen-bond acceptors (Lipinski definition) is 4. The van der Waals surface area contributed by atoms with Crippen molar-refractivity contribution in [2.24, 2.45) is 4.99 Å². The summed E-state index contributed by atoms with van der Waals surface area (Å²) in [5.41, 5.74) is 4.67. The van der Waals surface area contributed by atoms with Crippen LogP contribution in [0.15, 0.2) is 45.8 Å². The summed E-state index contributed by atoms with van der Waals surface area (Å²) in [4.78, 5) is 8.94. The highest BCUT2D eigenvalue weighted by molar-refractivity contribution is 5.93. The van der Waals surface area contributed by atoms with Crippen LogP contribution in [0.2, 0.25) is 0 Å². The fraction of sp³-hybridized carbons (Fsp3) is 0.176. The zero-order valence-corrected chi connectivity index (χ0v) is 11.5. The number of aryl methyl sites for hydroxylation is 1. The lowest BCUT2D eigenvalue weighted by Gasteiger charge is -2.20. The number of fused-ring (bicyclic) bond motifs is 5. The Morgan fingerprint density at radius 2 is 2.05 bits per heavy atom. The molecule has 102 valence electrons. The third-order valence-corrected chi connectivity index (χ3v) is 4.34. The maximum atomic E-state index is 5.94. The van der Waals surface area contributed by atoms with Gasteiger partial charge >= 0.3 is 0 Å². The van der Waals surface area contributed by atoms with Gasteiger partial charge in [0.25, 0.3) is 0 Å². The Labute approximate surface area is 121 Å². The Morgan fingerprint density at radius 1 is 1.14 bits per heavy atom. The van der Waals surface area contributed by atoms with Crippen molar-refractivity contribution in [2.75, 3.05) is 6.61 Å². The van der Waals surface area contributed by atoms with Gasteiger partial charge in [0, 0.05) is 24.8 Å². The number of aliphatic imine (C=N–C) groups is 1. The Morgan fingerprint density at radius 3 is 3.00 bits per heavy atom.